The largest absolute Gasteiger partial charge is 0.394 e. The van der Waals surface area contributed by atoms with Gasteiger partial charge in [0.2, 0.25) is 35.4 Å². The molecule has 0 spiro atoms. The number of carbonyl (C=O) groups excluding carboxylic acids is 6. The molecule has 0 saturated carbocycles. The Balaban J connectivity index is 5.37. The van der Waals surface area contributed by atoms with Gasteiger partial charge in [0.05, 0.1) is 99.1 Å². The number of carbonyl (C=O) groups is 6. The minimum absolute atomic E-state index is 0.0233. The number of rotatable bonds is 51. The van der Waals surface area contributed by atoms with Crippen molar-refractivity contribution in [2.24, 2.45) is 5.11 Å². The first kappa shape index (κ1) is 64.8. The van der Waals surface area contributed by atoms with Crippen LogP contribution in [-0.2, 0) is 66.7 Å². The van der Waals surface area contributed by atoms with Crippen molar-refractivity contribution < 1.29 is 71.8 Å². The number of aliphatic hydroxyl groups excluding tert-OH is 1. The Kier molecular flexibility index (Phi) is 47.1. The minimum Gasteiger partial charge on any atom is -0.394 e. The van der Waals surface area contributed by atoms with Crippen molar-refractivity contribution in [1.82, 2.24) is 31.9 Å². The summed E-state index contributed by atoms with van der Waals surface area (Å²) in [4.78, 5) is 80.1. The second-order valence-corrected chi connectivity index (χ2v) is 15.4. The Morgan fingerprint density at radius 2 is 0.870 bits per heavy atom. The van der Waals surface area contributed by atoms with Gasteiger partial charge >= 0.3 is 0 Å². The van der Waals surface area contributed by atoms with E-state index >= 15 is 0 Å². The van der Waals surface area contributed by atoms with Crippen LogP contribution in [0.5, 0.6) is 0 Å². The second-order valence-electron chi connectivity index (χ2n) is 15.4. The molecule has 0 unspecified atom stereocenters. The van der Waals surface area contributed by atoms with Crippen molar-refractivity contribution in [3.8, 4) is 0 Å². The lowest BCUT2D eigenvalue weighted by molar-refractivity contribution is -0.132. The van der Waals surface area contributed by atoms with Crippen LogP contribution in [0.1, 0.15) is 97.3 Å². The molecule has 0 fully saturated rings. The molecule has 0 rings (SSSR count). The van der Waals surface area contributed by atoms with E-state index in [1.165, 1.54) is 0 Å². The molecule has 0 aliphatic carbocycles. The van der Waals surface area contributed by atoms with Gasteiger partial charge in [-0.3, -0.25) is 28.8 Å². The van der Waals surface area contributed by atoms with Crippen LogP contribution in [0.25, 0.3) is 10.4 Å². The van der Waals surface area contributed by atoms with E-state index < -0.39 is 29.8 Å². The zero-order valence-electron chi connectivity index (χ0n) is 41.4. The summed E-state index contributed by atoms with van der Waals surface area (Å²) >= 11 is 0. The zero-order valence-corrected chi connectivity index (χ0v) is 41.4. The third-order valence-corrected chi connectivity index (χ3v) is 9.46. The zero-order chi connectivity index (χ0) is 50.7. The summed E-state index contributed by atoms with van der Waals surface area (Å²) in [5.74, 6) is -2.04. The molecule has 0 aliphatic heterocycles. The van der Waals surface area contributed by atoms with E-state index in [-0.39, 0.29) is 142 Å². The Morgan fingerprint density at radius 3 is 1.33 bits per heavy atom. The normalized spacial score (nSPS) is 11.8. The molecule has 0 aromatic heterocycles. The molecular formula is C45H85N9O15. The number of ether oxygens (including phenoxy) is 8. The van der Waals surface area contributed by atoms with Gasteiger partial charge < -0.3 is 74.9 Å². The first-order valence-corrected chi connectivity index (χ1v) is 24.6. The molecule has 400 valence electrons. The molecule has 0 aromatic carbocycles. The lowest BCUT2D eigenvalue weighted by Crippen LogP contribution is -2.54. The molecule has 6 amide bonds. The Hall–Kier alpha value is -4.23. The fraction of sp³-hybridized carbons (Fsp3) is 0.867. The first-order valence-electron chi connectivity index (χ1n) is 24.6. The number of hydrogen-bond donors (Lipinski definition) is 7. The van der Waals surface area contributed by atoms with Crippen molar-refractivity contribution in [2.45, 2.75) is 109 Å². The summed E-state index contributed by atoms with van der Waals surface area (Å²) in [6.45, 7) is 10.7. The molecule has 0 saturated heterocycles. The molecular weight excluding hydrogens is 907 g/mol. The summed E-state index contributed by atoms with van der Waals surface area (Å²) in [6, 6.07) is -1.99. The standard InChI is InChI=1S/C45H85N9O15/c1-3-22-62-30-32-64-24-13-40(56)47-16-7-5-10-38(44(60)50-19-27-67-36-37-69-29-21-55)53-45(61)39(11-6-8-17-48-41(57)14-25-66-34-35-68-28-20-51-54-46)52-43(59)12-9-18-49-42(58)15-26-65-33-31-63-23-4-2/h38-39,55H,3-37H2,1-2H3,(H,47,56)(H,48,57)(H,49,58)(H,50,60)(H,52,59)(H,53,61)/t38-,39-/m0/s1. The first-order chi connectivity index (χ1) is 33.7. The average Bonchev–Trinajstić information content (AvgIpc) is 3.33. The van der Waals surface area contributed by atoms with Crippen LogP contribution in [0.4, 0.5) is 0 Å². The maximum absolute atomic E-state index is 13.9. The highest BCUT2D eigenvalue weighted by Crippen LogP contribution is 2.07. The van der Waals surface area contributed by atoms with Gasteiger partial charge in [-0.2, -0.15) is 0 Å². The third-order valence-electron chi connectivity index (χ3n) is 9.46. The van der Waals surface area contributed by atoms with E-state index in [4.69, 9.17) is 48.5 Å². The van der Waals surface area contributed by atoms with Gasteiger partial charge in [-0.05, 0) is 63.3 Å². The predicted molar refractivity (Wildman–Crippen MR) is 255 cm³/mol. The van der Waals surface area contributed by atoms with Crippen LogP contribution < -0.4 is 31.9 Å². The van der Waals surface area contributed by atoms with Gasteiger partial charge in [-0.1, -0.05) is 19.0 Å². The van der Waals surface area contributed by atoms with Gasteiger partial charge in [0.15, 0.2) is 0 Å². The van der Waals surface area contributed by atoms with Crippen LogP contribution in [0.2, 0.25) is 0 Å². The third kappa shape index (κ3) is 44.7. The second kappa shape index (κ2) is 50.2. The van der Waals surface area contributed by atoms with E-state index in [1.807, 2.05) is 13.8 Å². The van der Waals surface area contributed by atoms with Gasteiger partial charge in [-0.15, -0.1) is 0 Å². The molecule has 2 atom stereocenters. The fourth-order valence-corrected chi connectivity index (χ4v) is 5.88. The van der Waals surface area contributed by atoms with Crippen molar-refractivity contribution in [3.63, 3.8) is 0 Å². The molecule has 0 heterocycles. The van der Waals surface area contributed by atoms with Gasteiger partial charge in [-0.25, -0.2) is 0 Å². The Bertz CT molecular complexity index is 1370. The van der Waals surface area contributed by atoms with E-state index in [9.17, 15) is 28.8 Å². The molecule has 7 N–H and O–H groups in total. The van der Waals surface area contributed by atoms with Crippen LogP contribution in [-0.4, -0.2) is 198 Å². The van der Waals surface area contributed by atoms with Gasteiger partial charge in [0.25, 0.3) is 0 Å². The lowest BCUT2D eigenvalue weighted by atomic mass is 10.0. The number of hydrogen-bond acceptors (Lipinski definition) is 16. The predicted octanol–water partition coefficient (Wildman–Crippen LogP) is 0.967. The van der Waals surface area contributed by atoms with E-state index in [0.717, 1.165) is 12.8 Å². The van der Waals surface area contributed by atoms with Gasteiger partial charge in [0.1, 0.15) is 12.1 Å². The summed E-state index contributed by atoms with van der Waals surface area (Å²) in [5.41, 5.74) is 8.29. The molecule has 0 aromatic rings. The molecule has 69 heavy (non-hydrogen) atoms. The highest BCUT2D eigenvalue weighted by molar-refractivity contribution is 5.92. The molecule has 0 aliphatic rings. The lowest BCUT2D eigenvalue weighted by Gasteiger charge is -2.23. The number of azide groups is 1. The van der Waals surface area contributed by atoms with E-state index in [1.54, 1.807) is 0 Å². The SMILES string of the molecule is CCCOCCOCCC(=O)NCCCC[C@H](NC(=O)[C@H](CCCCNC(=O)CCOCCOCCN=[N+]=[N-])NC(=O)CCCNC(=O)CCOCCOCCC)C(=O)NCCOCCOCCO. The summed E-state index contributed by atoms with van der Waals surface area (Å²) in [6.07, 6.45) is 5.04. The van der Waals surface area contributed by atoms with Crippen molar-refractivity contribution in [3.05, 3.63) is 10.4 Å². The molecule has 0 radical (unpaired) electrons. The van der Waals surface area contributed by atoms with E-state index in [2.05, 4.69) is 41.9 Å². The summed E-state index contributed by atoms with van der Waals surface area (Å²) in [5, 5.41) is 29.1. The Labute approximate surface area is 408 Å². The van der Waals surface area contributed by atoms with Crippen LogP contribution in [0, 0.1) is 0 Å². The molecule has 0 bridgehead atoms. The number of amides is 6. The number of aliphatic hydroxyl groups is 1. The highest BCUT2D eigenvalue weighted by atomic mass is 16.5. The Morgan fingerprint density at radius 1 is 0.449 bits per heavy atom. The average molecular weight is 992 g/mol. The van der Waals surface area contributed by atoms with Crippen LogP contribution in [0.3, 0.4) is 0 Å². The van der Waals surface area contributed by atoms with Crippen LogP contribution >= 0.6 is 0 Å². The smallest absolute Gasteiger partial charge is 0.243 e. The topological polar surface area (TPSA) is 317 Å². The van der Waals surface area contributed by atoms with Crippen molar-refractivity contribution in [2.75, 3.05) is 145 Å². The van der Waals surface area contributed by atoms with Gasteiger partial charge in [0, 0.05) is 76.5 Å². The summed E-state index contributed by atoms with van der Waals surface area (Å²) < 4.78 is 42.9. The van der Waals surface area contributed by atoms with Crippen LogP contribution in [0.15, 0.2) is 5.11 Å². The monoisotopic (exact) mass is 992 g/mol. The minimum atomic E-state index is -1.01. The van der Waals surface area contributed by atoms with E-state index in [0.29, 0.717) is 91.4 Å². The number of nitrogens with zero attached hydrogens (tertiary/aromatic N) is 3. The van der Waals surface area contributed by atoms with Crippen molar-refractivity contribution >= 4 is 35.4 Å². The molecule has 24 heteroatoms. The number of unbranched alkanes of at least 4 members (excludes halogenated alkanes) is 2. The highest BCUT2D eigenvalue weighted by Gasteiger charge is 2.26. The molecule has 24 nitrogen and oxygen atoms in total. The quantitative estimate of drug-likeness (QED) is 0.0193. The summed E-state index contributed by atoms with van der Waals surface area (Å²) in [7, 11) is 0. The maximum Gasteiger partial charge on any atom is 0.243 e. The maximum atomic E-state index is 13.9. The fourth-order valence-electron chi connectivity index (χ4n) is 5.88. The van der Waals surface area contributed by atoms with Crippen molar-refractivity contribution in [1.29, 1.82) is 0 Å². The number of nitrogens with one attached hydrogen (secondary N) is 6.